The molecule has 0 spiro atoms. The lowest BCUT2D eigenvalue weighted by atomic mass is 10.1. The fourth-order valence-corrected chi connectivity index (χ4v) is 3.22. The highest BCUT2D eigenvalue weighted by atomic mass is 35.5. The Labute approximate surface area is 133 Å². The van der Waals surface area contributed by atoms with E-state index in [-0.39, 0.29) is 0 Å². The molecule has 0 unspecified atom stereocenters. The van der Waals surface area contributed by atoms with Crippen LogP contribution in [0.1, 0.15) is 11.5 Å². The van der Waals surface area contributed by atoms with Gasteiger partial charge in [-0.1, -0.05) is 41.9 Å². The molecule has 0 amide bonds. The zero-order valence-electron chi connectivity index (χ0n) is 11.7. The summed E-state index contributed by atoms with van der Waals surface area (Å²) in [5, 5.41) is 0.744. The van der Waals surface area contributed by atoms with Crippen molar-refractivity contribution in [1.82, 2.24) is 0 Å². The monoisotopic (exact) mass is 314 g/mol. The number of thioether (sulfide) groups is 1. The van der Waals surface area contributed by atoms with E-state index >= 15 is 0 Å². The van der Waals surface area contributed by atoms with E-state index < -0.39 is 0 Å². The lowest BCUT2D eigenvalue weighted by Crippen LogP contribution is -1.77. The molecule has 0 fully saturated rings. The predicted molar refractivity (Wildman–Crippen MR) is 89.9 cm³/mol. The number of rotatable bonds is 4. The van der Waals surface area contributed by atoms with Crippen molar-refractivity contribution in [2.45, 2.75) is 17.6 Å². The fraction of sp³-hybridized carbons (Fsp3) is 0.111. The maximum absolute atomic E-state index is 6.06. The van der Waals surface area contributed by atoms with Crippen LogP contribution < -0.4 is 0 Å². The van der Waals surface area contributed by atoms with Crippen molar-refractivity contribution in [2.24, 2.45) is 0 Å². The maximum Gasteiger partial charge on any atom is 0.115 e. The molecule has 106 valence electrons. The standard InChI is InChI=1S/C18H15ClOS/c1-13-18(14-6-5-7-15(19)10-14)11-16(20-13)12-21-17-8-3-2-4-9-17/h2-11H,12H2,1H3. The van der Waals surface area contributed by atoms with E-state index in [4.69, 9.17) is 16.0 Å². The summed E-state index contributed by atoms with van der Waals surface area (Å²) in [4.78, 5) is 1.25. The molecule has 0 saturated heterocycles. The highest BCUT2D eigenvalue weighted by Gasteiger charge is 2.10. The van der Waals surface area contributed by atoms with Crippen LogP contribution in [-0.2, 0) is 5.75 Å². The van der Waals surface area contributed by atoms with Crippen molar-refractivity contribution >= 4 is 23.4 Å². The second-order valence-electron chi connectivity index (χ2n) is 4.79. The van der Waals surface area contributed by atoms with Crippen LogP contribution in [0.5, 0.6) is 0 Å². The molecule has 1 aromatic heterocycles. The normalized spacial score (nSPS) is 10.8. The Bertz CT molecular complexity index is 734. The van der Waals surface area contributed by atoms with Crippen LogP contribution in [0.15, 0.2) is 70.0 Å². The molecule has 21 heavy (non-hydrogen) atoms. The average molecular weight is 315 g/mol. The first-order chi connectivity index (χ1) is 10.2. The van der Waals surface area contributed by atoms with Gasteiger partial charge >= 0.3 is 0 Å². The molecule has 3 rings (SSSR count). The van der Waals surface area contributed by atoms with Gasteiger partial charge in [-0.15, -0.1) is 11.8 Å². The Hall–Kier alpha value is -1.64. The molecule has 0 radical (unpaired) electrons. The van der Waals surface area contributed by atoms with Crippen molar-refractivity contribution in [3.63, 3.8) is 0 Å². The van der Waals surface area contributed by atoms with Crippen LogP contribution in [0.2, 0.25) is 5.02 Å². The number of aryl methyl sites for hydroxylation is 1. The molecule has 0 aliphatic carbocycles. The molecular formula is C18H15ClOS. The highest BCUT2D eigenvalue weighted by molar-refractivity contribution is 7.98. The summed E-state index contributed by atoms with van der Waals surface area (Å²) in [5.41, 5.74) is 2.21. The number of furan rings is 1. The Morgan fingerprint density at radius 2 is 1.81 bits per heavy atom. The van der Waals surface area contributed by atoms with Gasteiger partial charge in [-0.2, -0.15) is 0 Å². The summed E-state index contributed by atoms with van der Waals surface area (Å²) in [6.45, 7) is 1.99. The smallest absolute Gasteiger partial charge is 0.115 e. The van der Waals surface area contributed by atoms with Crippen LogP contribution in [0.4, 0.5) is 0 Å². The zero-order chi connectivity index (χ0) is 14.7. The predicted octanol–water partition coefficient (Wildman–Crippen LogP) is 6.20. The van der Waals surface area contributed by atoms with E-state index in [1.807, 2.05) is 43.3 Å². The second-order valence-corrected chi connectivity index (χ2v) is 6.28. The summed E-state index contributed by atoms with van der Waals surface area (Å²) in [5.74, 6) is 2.74. The SMILES string of the molecule is Cc1oc(CSc2ccccc2)cc1-c1cccc(Cl)c1. The number of benzene rings is 2. The third-order valence-corrected chi connectivity index (χ3v) is 4.50. The molecule has 1 heterocycles. The largest absolute Gasteiger partial charge is 0.465 e. The molecule has 0 aliphatic heterocycles. The molecule has 3 heteroatoms. The minimum Gasteiger partial charge on any atom is -0.465 e. The van der Waals surface area contributed by atoms with E-state index in [0.717, 1.165) is 33.4 Å². The van der Waals surface area contributed by atoms with Crippen LogP contribution in [0, 0.1) is 6.92 Å². The van der Waals surface area contributed by atoms with Gasteiger partial charge in [0.15, 0.2) is 0 Å². The topological polar surface area (TPSA) is 13.1 Å². The van der Waals surface area contributed by atoms with Crippen LogP contribution in [0.3, 0.4) is 0 Å². The van der Waals surface area contributed by atoms with Gasteiger partial charge in [0.1, 0.15) is 11.5 Å². The Balaban J connectivity index is 1.78. The van der Waals surface area contributed by atoms with Crippen molar-refractivity contribution in [2.75, 3.05) is 0 Å². The molecule has 0 atom stereocenters. The second kappa shape index (κ2) is 6.42. The lowest BCUT2D eigenvalue weighted by molar-refractivity contribution is 0.502. The van der Waals surface area contributed by atoms with Crippen molar-refractivity contribution < 1.29 is 4.42 Å². The minimum atomic E-state index is 0.744. The first-order valence-electron chi connectivity index (χ1n) is 6.75. The maximum atomic E-state index is 6.06. The fourth-order valence-electron chi connectivity index (χ4n) is 2.23. The molecule has 0 bridgehead atoms. The quantitative estimate of drug-likeness (QED) is 0.532. The lowest BCUT2D eigenvalue weighted by Gasteiger charge is -1.98. The third kappa shape index (κ3) is 3.52. The van der Waals surface area contributed by atoms with Crippen molar-refractivity contribution in [1.29, 1.82) is 0 Å². The molecule has 0 aliphatic rings. The van der Waals surface area contributed by atoms with Crippen LogP contribution in [-0.4, -0.2) is 0 Å². The van der Waals surface area contributed by atoms with Gasteiger partial charge in [0, 0.05) is 15.5 Å². The van der Waals surface area contributed by atoms with Crippen molar-refractivity contribution in [3.05, 3.63) is 77.2 Å². The van der Waals surface area contributed by atoms with Gasteiger partial charge in [-0.25, -0.2) is 0 Å². The Kier molecular flexibility index (Phi) is 4.37. The molecular weight excluding hydrogens is 300 g/mol. The molecule has 2 aromatic carbocycles. The summed E-state index contributed by atoms with van der Waals surface area (Å²) in [6.07, 6.45) is 0. The molecule has 0 N–H and O–H groups in total. The van der Waals surface area contributed by atoms with E-state index in [9.17, 15) is 0 Å². The first kappa shape index (κ1) is 14.3. The minimum absolute atomic E-state index is 0.744. The summed E-state index contributed by atoms with van der Waals surface area (Å²) < 4.78 is 5.87. The van der Waals surface area contributed by atoms with E-state index in [2.05, 4.69) is 24.3 Å². The zero-order valence-corrected chi connectivity index (χ0v) is 13.2. The number of hydrogen-bond donors (Lipinski definition) is 0. The Morgan fingerprint density at radius 1 is 1.00 bits per heavy atom. The number of halogens is 1. The van der Waals surface area contributed by atoms with Gasteiger partial charge in [-0.05, 0) is 42.8 Å². The van der Waals surface area contributed by atoms with Crippen LogP contribution >= 0.6 is 23.4 Å². The summed E-state index contributed by atoms with van der Waals surface area (Å²) in [6, 6.07) is 20.3. The summed E-state index contributed by atoms with van der Waals surface area (Å²) >= 11 is 7.83. The molecule has 0 saturated carbocycles. The van der Waals surface area contributed by atoms with Gasteiger partial charge in [0.05, 0.1) is 5.75 Å². The Morgan fingerprint density at radius 3 is 2.57 bits per heavy atom. The highest BCUT2D eigenvalue weighted by Crippen LogP contribution is 2.31. The van der Waals surface area contributed by atoms with Gasteiger partial charge in [0.25, 0.3) is 0 Å². The molecule has 1 nitrogen and oxygen atoms in total. The van der Waals surface area contributed by atoms with E-state index in [0.29, 0.717) is 0 Å². The van der Waals surface area contributed by atoms with Gasteiger partial charge < -0.3 is 4.42 Å². The van der Waals surface area contributed by atoms with Gasteiger partial charge in [0.2, 0.25) is 0 Å². The summed E-state index contributed by atoms with van der Waals surface area (Å²) in [7, 11) is 0. The van der Waals surface area contributed by atoms with E-state index in [1.54, 1.807) is 11.8 Å². The number of hydrogen-bond acceptors (Lipinski definition) is 2. The average Bonchev–Trinajstić information content (AvgIpc) is 2.87. The van der Waals surface area contributed by atoms with Crippen LogP contribution in [0.25, 0.3) is 11.1 Å². The van der Waals surface area contributed by atoms with E-state index in [1.165, 1.54) is 4.90 Å². The molecule has 3 aromatic rings. The van der Waals surface area contributed by atoms with Gasteiger partial charge in [-0.3, -0.25) is 0 Å². The third-order valence-electron chi connectivity index (χ3n) is 3.23. The first-order valence-corrected chi connectivity index (χ1v) is 8.12. The van der Waals surface area contributed by atoms with Crippen molar-refractivity contribution in [3.8, 4) is 11.1 Å².